The monoisotopic (exact) mass is 1000 g/mol. The third-order valence-electron chi connectivity index (χ3n) is 11.2. The normalized spacial score (nSPS) is 12.0. The molecule has 6 aromatic rings. The third-order valence-corrected chi connectivity index (χ3v) is 11.8. The molecular formula is C53H54Cl2N6O10. The summed E-state index contributed by atoms with van der Waals surface area (Å²) in [5, 5.41) is 54.5. The Hall–Kier alpha value is -7.10. The molecule has 71 heavy (non-hydrogen) atoms. The van der Waals surface area contributed by atoms with Crippen molar-refractivity contribution in [2.24, 2.45) is 4.99 Å². The van der Waals surface area contributed by atoms with Crippen LogP contribution in [-0.4, -0.2) is 80.9 Å². The van der Waals surface area contributed by atoms with Crippen molar-refractivity contribution < 1.29 is 49.0 Å². The van der Waals surface area contributed by atoms with Crippen LogP contribution in [0.1, 0.15) is 68.5 Å². The van der Waals surface area contributed by atoms with Gasteiger partial charge in [0, 0.05) is 104 Å². The number of halogens is 2. The van der Waals surface area contributed by atoms with Gasteiger partial charge < -0.3 is 50.0 Å². The molecule has 0 spiro atoms. The largest absolute Gasteiger partial charge is 0.488 e. The molecule has 0 fully saturated rings. The molecule has 2 aromatic heterocycles. The van der Waals surface area contributed by atoms with Gasteiger partial charge in [-0.15, -0.1) is 0 Å². The highest BCUT2D eigenvalue weighted by molar-refractivity contribution is 6.32. The Morgan fingerprint density at radius 2 is 1.13 bits per heavy atom. The van der Waals surface area contributed by atoms with Crippen molar-refractivity contribution in [2.75, 3.05) is 20.1 Å². The van der Waals surface area contributed by atoms with Gasteiger partial charge in [-0.3, -0.25) is 24.5 Å². The van der Waals surface area contributed by atoms with Gasteiger partial charge in [0.25, 0.3) is 0 Å². The van der Waals surface area contributed by atoms with E-state index < -0.39 is 37.0 Å². The van der Waals surface area contributed by atoms with Gasteiger partial charge in [0.1, 0.15) is 55.5 Å². The average molecular weight is 1010 g/mol. The van der Waals surface area contributed by atoms with Crippen molar-refractivity contribution in [2.45, 2.75) is 78.4 Å². The molecule has 2 atom stereocenters. The number of pyridine rings is 2. The maximum absolute atomic E-state index is 11.1. The second-order valence-electron chi connectivity index (χ2n) is 16.6. The number of ether oxygens (including phenoxy) is 4. The Bertz CT molecular complexity index is 2890. The van der Waals surface area contributed by atoms with Crippen LogP contribution in [0.4, 0.5) is 0 Å². The molecule has 6 rings (SSSR count). The van der Waals surface area contributed by atoms with Crippen LogP contribution in [-0.2, 0) is 49.1 Å². The molecule has 0 radical (unpaired) electrons. The fraction of sp³-hybridized carbons (Fsp3) is 0.283. The lowest BCUT2D eigenvalue weighted by molar-refractivity contribution is -0.140. The van der Waals surface area contributed by atoms with E-state index in [9.17, 15) is 25.1 Å². The molecule has 6 N–H and O–H groups in total. The van der Waals surface area contributed by atoms with Crippen molar-refractivity contribution in [3.63, 3.8) is 0 Å². The first kappa shape index (κ1) is 53.3. The minimum Gasteiger partial charge on any atom is -0.488 e. The second kappa shape index (κ2) is 26.2. The number of nitriles is 1. The number of aliphatic hydroxyl groups is 2. The quantitative estimate of drug-likeness (QED) is 0.0281. The van der Waals surface area contributed by atoms with Gasteiger partial charge >= 0.3 is 11.9 Å². The summed E-state index contributed by atoms with van der Waals surface area (Å²) in [6.45, 7) is 5.17. The topological polar surface area (TPSA) is 238 Å². The van der Waals surface area contributed by atoms with Gasteiger partial charge in [-0.2, -0.15) is 5.26 Å². The van der Waals surface area contributed by atoms with Crippen LogP contribution in [0.25, 0.3) is 11.1 Å². The highest BCUT2D eigenvalue weighted by atomic mass is 35.5. The molecule has 370 valence electrons. The highest BCUT2D eigenvalue weighted by Crippen LogP contribution is 2.37. The zero-order valence-corrected chi connectivity index (χ0v) is 40.8. The summed E-state index contributed by atoms with van der Waals surface area (Å²) in [6, 6.07) is 24.5. The molecule has 16 nitrogen and oxygen atoms in total. The van der Waals surface area contributed by atoms with Crippen LogP contribution in [0.5, 0.6) is 23.0 Å². The van der Waals surface area contributed by atoms with Crippen molar-refractivity contribution >= 4 is 41.4 Å². The van der Waals surface area contributed by atoms with Crippen LogP contribution in [0.15, 0.2) is 103 Å². The van der Waals surface area contributed by atoms with E-state index in [2.05, 4.69) is 31.7 Å². The minimum absolute atomic E-state index is 0.0246. The number of hydrogen-bond donors (Lipinski definition) is 6. The molecule has 0 saturated heterocycles. The Kier molecular flexibility index (Phi) is 19.7. The predicted molar refractivity (Wildman–Crippen MR) is 268 cm³/mol. The number of aliphatic imine (C=N–C) groups is 1. The Balaban J connectivity index is 1.18. The number of rotatable bonds is 26. The molecule has 0 aliphatic rings. The number of nitrogens with one attached hydrogen (secondary N) is 2. The molecule has 18 heteroatoms. The fourth-order valence-corrected chi connectivity index (χ4v) is 8.02. The summed E-state index contributed by atoms with van der Waals surface area (Å²) in [6.07, 6.45) is 5.18. The Labute approximate surface area is 421 Å². The minimum atomic E-state index is -1.11. The van der Waals surface area contributed by atoms with Crippen molar-refractivity contribution in [3.05, 3.63) is 163 Å². The van der Waals surface area contributed by atoms with E-state index in [1.165, 1.54) is 6.20 Å². The van der Waals surface area contributed by atoms with Crippen LogP contribution in [0, 0.1) is 25.2 Å². The number of aliphatic hydroxyl groups excluding tert-OH is 2. The molecule has 2 unspecified atom stereocenters. The molecule has 2 heterocycles. The molecule has 0 bridgehead atoms. The van der Waals surface area contributed by atoms with E-state index in [4.69, 9.17) is 52.4 Å². The summed E-state index contributed by atoms with van der Waals surface area (Å²) in [7, 11) is 1.68. The lowest BCUT2D eigenvalue weighted by Gasteiger charge is -2.19. The van der Waals surface area contributed by atoms with Gasteiger partial charge in [0.2, 0.25) is 0 Å². The van der Waals surface area contributed by atoms with E-state index in [1.807, 2.05) is 56.3 Å². The van der Waals surface area contributed by atoms with Crippen LogP contribution in [0.3, 0.4) is 0 Å². The summed E-state index contributed by atoms with van der Waals surface area (Å²) in [4.78, 5) is 34.6. The SMILES string of the molecule is C/N=C/c1cncc(COc2cc(OCc3cccc(-c4cccc(COc5cc(OCc6cncc(C#N)c6)c(CNCC(O)CC(=O)O)cc5Cl)c4C)c3C)c(Cl)cc2CNCC(O)CC(=O)O)c1. The Morgan fingerprint density at radius 1 is 0.662 bits per heavy atom. The maximum Gasteiger partial charge on any atom is 0.306 e. The maximum atomic E-state index is 11.1. The third kappa shape index (κ3) is 15.7. The number of carboxylic acid groups (broad SMARTS) is 2. The second-order valence-corrected chi connectivity index (χ2v) is 17.4. The van der Waals surface area contributed by atoms with E-state index in [-0.39, 0.29) is 52.6 Å². The number of benzene rings is 4. The standard InChI is InChI=1S/C53H54Cl2N6O10/c1-32-38(30-70-50-16-48(68-28-36-10-34(18-56)20-58-22-36)40(12-46(50)54)24-60-26-42(62)14-52(64)65)6-4-8-44(32)45-9-5-7-39(33(45)2)31-71-51-17-49(69-29-37-11-35(19-57-3)21-59-23-37)41(13-47(51)55)25-61-27-43(63)15-53(66)67/h4-13,16-17,19-23,42-43,60-63H,14-15,24-31H2,1-3H3,(H,64,65)(H,66,67)/b57-19+. The van der Waals surface area contributed by atoms with E-state index in [0.29, 0.717) is 55.3 Å². The summed E-state index contributed by atoms with van der Waals surface area (Å²) >= 11 is 13.6. The smallest absolute Gasteiger partial charge is 0.306 e. The number of hydrogen-bond acceptors (Lipinski definition) is 14. The fourth-order valence-electron chi connectivity index (χ4n) is 7.54. The molecule has 4 aromatic carbocycles. The van der Waals surface area contributed by atoms with Crippen LogP contribution < -0.4 is 29.6 Å². The highest BCUT2D eigenvalue weighted by Gasteiger charge is 2.18. The lowest BCUT2D eigenvalue weighted by Crippen LogP contribution is -2.28. The van der Waals surface area contributed by atoms with E-state index in [0.717, 1.165) is 44.5 Å². The van der Waals surface area contributed by atoms with E-state index in [1.54, 1.807) is 62.2 Å². The van der Waals surface area contributed by atoms with Crippen molar-refractivity contribution in [3.8, 4) is 40.2 Å². The van der Waals surface area contributed by atoms with Gasteiger partial charge in [0.05, 0.1) is 40.7 Å². The van der Waals surface area contributed by atoms with Gasteiger partial charge in [-0.1, -0.05) is 59.6 Å². The summed E-state index contributed by atoms with van der Waals surface area (Å²) < 4.78 is 25.3. The number of aromatic nitrogens is 2. The van der Waals surface area contributed by atoms with Crippen LogP contribution >= 0.6 is 23.2 Å². The molecule has 0 aliphatic heterocycles. The zero-order chi connectivity index (χ0) is 50.9. The average Bonchev–Trinajstić information content (AvgIpc) is 3.33. The Morgan fingerprint density at radius 3 is 1.59 bits per heavy atom. The summed E-state index contributed by atoms with van der Waals surface area (Å²) in [5.41, 5.74) is 9.77. The van der Waals surface area contributed by atoms with Gasteiger partial charge in [-0.25, -0.2) is 0 Å². The first-order valence-corrected chi connectivity index (χ1v) is 23.2. The lowest BCUT2D eigenvalue weighted by atomic mass is 9.92. The first-order valence-electron chi connectivity index (χ1n) is 22.5. The van der Waals surface area contributed by atoms with Crippen LogP contribution in [0.2, 0.25) is 10.0 Å². The summed E-state index contributed by atoms with van der Waals surface area (Å²) in [5.74, 6) is -0.560. The molecule has 0 amide bonds. The number of nitrogens with zero attached hydrogens (tertiary/aromatic N) is 4. The zero-order valence-electron chi connectivity index (χ0n) is 39.3. The van der Waals surface area contributed by atoms with Crippen molar-refractivity contribution in [1.82, 2.24) is 20.6 Å². The molecule has 0 aliphatic carbocycles. The first-order chi connectivity index (χ1) is 34.2. The predicted octanol–water partition coefficient (Wildman–Crippen LogP) is 8.15. The number of carboxylic acids is 2. The number of carbonyl (C=O) groups is 2. The number of aliphatic carboxylic acids is 2. The van der Waals surface area contributed by atoms with E-state index >= 15 is 0 Å². The van der Waals surface area contributed by atoms with Gasteiger partial charge in [0.15, 0.2) is 0 Å². The molecule has 0 saturated carbocycles. The molecular weight excluding hydrogens is 952 g/mol. The van der Waals surface area contributed by atoms with Gasteiger partial charge in [-0.05, 0) is 71.5 Å². The van der Waals surface area contributed by atoms with Crippen molar-refractivity contribution in [1.29, 1.82) is 5.26 Å².